The second-order valence-electron chi connectivity index (χ2n) is 6.41. The molecule has 0 spiro atoms. The number of anilines is 2. The van der Waals surface area contributed by atoms with Crippen LogP contribution in [0.15, 0.2) is 72.8 Å². The third-order valence-corrected chi connectivity index (χ3v) is 4.54. The van der Waals surface area contributed by atoms with Crippen molar-refractivity contribution in [2.75, 3.05) is 17.2 Å². The lowest BCUT2D eigenvalue weighted by molar-refractivity contribution is 0.0975. The SMILES string of the molecule is CCOc1cccc(C(=O)NC(=S)Nc2cccc(C(=O)Nc3cccc(Cl)c3)c2)c1. The first-order valence-electron chi connectivity index (χ1n) is 9.47. The van der Waals surface area contributed by atoms with Crippen molar-refractivity contribution in [2.24, 2.45) is 0 Å². The number of thiocarbonyl (C=S) groups is 1. The number of rotatable bonds is 6. The number of hydrogen-bond acceptors (Lipinski definition) is 4. The van der Waals surface area contributed by atoms with Crippen molar-refractivity contribution < 1.29 is 14.3 Å². The highest BCUT2D eigenvalue weighted by molar-refractivity contribution is 7.80. The van der Waals surface area contributed by atoms with Crippen molar-refractivity contribution in [2.45, 2.75) is 6.92 Å². The van der Waals surface area contributed by atoms with E-state index >= 15 is 0 Å². The summed E-state index contributed by atoms with van der Waals surface area (Å²) in [4.78, 5) is 25.0. The largest absolute Gasteiger partial charge is 0.494 e. The summed E-state index contributed by atoms with van der Waals surface area (Å²) in [5.74, 6) is -0.0602. The molecule has 3 aromatic carbocycles. The molecule has 0 heterocycles. The van der Waals surface area contributed by atoms with Crippen LogP contribution >= 0.6 is 23.8 Å². The number of benzene rings is 3. The lowest BCUT2D eigenvalue weighted by Crippen LogP contribution is -2.34. The van der Waals surface area contributed by atoms with Crippen LogP contribution in [0.5, 0.6) is 5.75 Å². The van der Waals surface area contributed by atoms with Gasteiger partial charge in [0.1, 0.15) is 5.75 Å². The van der Waals surface area contributed by atoms with Crippen molar-refractivity contribution >= 4 is 52.1 Å². The molecule has 0 aliphatic rings. The highest BCUT2D eigenvalue weighted by Gasteiger charge is 2.11. The number of carbonyl (C=O) groups excluding carboxylic acids is 2. The van der Waals surface area contributed by atoms with Gasteiger partial charge in [0, 0.05) is 27.5 Å². The van der Waals surface area contributed by atoms with Gasteiger partial charge in [-0.05, 0) is 73.7 Å². The van der Waals surface area contributed by atoms with E-state index in [0.29, 0.717) is 39.9 Å². The molecule has 0 saturated heterocycles. The maximum atomic E-state index is 12.5. The Hall–Kier alpha value is -3.42. The fourth-order valence-electron chi connectivity index (χ4n) is 2.74. The fraction of sp³-hybridized carbons (Fsp3) is 0.0870. The van der Waals surface area contributed by atoms with E-state index in [0.717, 1.165) is 0 Å². The smallest absolute Gasteiger partial charge is 0.257 e. The molecule has 0 fully saturated rings. The summed E-state index contributed by atoms with van der Waals surface area (Å²) in [6.07, 6.45) is 0. The van der Waals surface area contributed by atoms with E-state index in [1.54, 1.807) is 72.8 Å². The number of halogens is 1. The monoisotopic (exact) mass is 453 g/mol. The summed E-state index contributed by atoms with van der Waals surface area (Å²) in [7, 11) is 0. The number of amides is 2. The number of carbonyl (C=O) groups is 2. The van der Waals surface area contributed by atoms with Crippen LogP contribution in [0.3, 0.4) is 0 Å². The molecule has 0 saturated carbocycles. The van der Waals surface area contributed by atoms with Gasteiger partial charge in [0.15, 0.2) is 5.11 Å². The van der Waals surface area contributed by atoms with Crippen LogP contribution in [-0.4, -0.2) is 23.5 Å². The average molecular weight is 454 g/mol. The van der Waals surface area contributed by atoms with Crippen molar-refractivity contribution in [3.8, 4) is 5.75 Å². The first-order valence-corrected chi connectivity index (χ1v) is 10.3. The van der Waals surface area contributed by atoms with E-state index in [1.165, 1.54) is 0 Å². The Kier molecular flexibility index (Phi) is 7.59. The maximum Gasteiger partial charge on any atom is 0.257 e. The van der Waals surface area contributed by atoms with Gasteiger partial charge in [-0.25, -0.2) is 0 Å². The lowest BCUT2D eigenvalue weighted by Gasteiger charge is -2.12. The molecule has 0 bridgehead atoms. The Morgan fingerprint density at radius 3 is 2.23 bits per heavy atom. The molecule has 0 radical (unpaired) electrons. The van der Waals surface area contributed by atoms with Gasteiger partial charge in [0.2, 0.25) is 0 Å². The molecule has 31 heavy (non-hydrogen) atoms. The summed E-state index contributed by atoms with van der Waals surface area (Å²) in [5.41, 5.74) is 1.99. The normalized spacial score (nSPS) is 10.1. The molecule has 3 N–H and O–H groups in total. The molecule has 8 heteroatoms. The summed E-state index contributed by atoms with van der Waals surface area (Å²) in [6.45, 7) is 2.38. The number of ether oxygens (including phenoxy) is 1. The molecular weight excluding hydrogens is 434 g/mol. The minimum atomic E-state index is -0.367. The lowest BCUT2D eigenvalue weighted by atomic mass is 10.2. The van der Waals surface area contributed by atoms with Crippen molar-refractivity contribution in [3.63, 3.8) is 0 Å². The Balaban J connectivity index is 1.62. The molecule has 3 aromatic rings. The second kappa shape index (κ2) is 10.6. The number of hydrogen-bond donors (Lipinski definition) is 3. The zero-order valence-corrected chi connectivity index (χ0v) is 18.2. The van der Waals surface area contributed by atoms with Gasteiger partial charge in [-0.15, -0.1) is 0 Å². The number of nitrogens with one attached hydrogen (secondary N) is 3. The Morgan fingerprint density at radius 2 is 1.52 bits per heavy atom. The van der Waals surface area contributed by atoms with Crippen molar-refractivity contribution in [3.05, 3.63) is 88.9 Å². The van der Waals surface area contributed by atoms with Crippen LogP contribution in [0.4, 0.5) is 11.4 Å². The standard InChI is InChI=1S/C23H20ClN3O3S/c1-2-30-20-11-4-7-16(13-20)22(29)27-23(31)26-18-9-3-6-15(12-18)21(28)25-19-10-5-8-17(24)14-19/h3-14H,2H2,1H3,(H,25,28)(H2,26,27,29,31). The van der Waals surface area contributed by atoms with Crippen LogP contribution in [0.2, 0.25) is 5.02 Å². The quantitative estimate of drug-likeness (QED) is 0.451. The Morgan fingerprint density at radius 1 is 0.871 bits per heavy atom. The van der Waals surface area contributed by atoms with Gasteiger partial charge in [0.25, 0.3) is 11.8 Å². The van der Waals surface area contributed by atoms with Crippen molar-refractivity contribution in [1.82, 2.24) is 5.32 Å². The van der Waals surface area contributed by atoms with E-state index in [-0.39, 0.29) is 16.9 Å². The molecule has 0 unspecified atom stereocenters. The van der Waals surface area contributed by atoms with Gasteiger partial charge < -0.3 is 15.4 Å². The van der Waals surface area contributed by atoms with Gasteiger partial charge >= 0.3 is 0 Å². The summed E-state index contributed by atoms with van der Waals surface area (Å²) in [6, 6.07) is 20.5. The molecule has 0 atom stereocenters. The molecule has 0 aromatic heterocycles. The van der Waals surface area contributed by atoms with Crippen LogP contribution in [-0.2, 0) is 0 Å². The predicted molar refractivity (Wildman–Crippen MR) is 127 cm³/mol. The third kappa shape index (κ3) is 6.53. The highest BCUT2D eigenvalue weighted by Crippen LogP contribution is 2.17. The predicted octanol–water partition coefficient (Wildman–Crippen LogP) is 5.12. The highest BCUT2D eigenvalue weighted by atomic mass is 35.5. The molecule has 2 amide bonds. The first kappa shape index (κ1) is 22.3. The zero-order chi connectivity index (χ0) is 22.2. The van der Waals surface area contributed by atoms with Crippen molar-refractivity contribution in [1.29, 1.82) is 0 Å². The minimum Gasteiger partial charge on any atom is -0.494 e. The zero-order valence-electron chi connectivity index (χ0n) is 16.6. The summed E-state index contributed by atoms with van der Waals surface area (Å²) < 4.78 is 5.41. The maximum absolute atomic E-state index is 12.5. The third-order valence-electron chi connectivity index (χ3n) is 4.10. The van der Waals surface area contributed by atoms with Crippen LogP contribution in [0.25, 0.3) is 0 Å². The summed E-state index contributed by atoms with van der Waals surface area (Å²) in [5, 5.41) is 8.96. The molecule has 6 nitrogen and oxygen atoms in total. The van der Waals surface area contributed by atoms with Crippen LogP contribution < -0.4 is 20.7 Å². The van der Waals surface area contributed by atoms with Gasteiger partial charge in [-0.3, -0.25) is 14.9 Å². The minimum absolute atomic E-state index is 0.110. The second-order valence-corrected chi connectivity index (χ2v) is 7.26. The molecule has 3 rings (SSSR count). The van der Waals surface area contributed by atoms with Gasteiger partial charge in [-0.1, -0.05) is 29.8 Å². The molecule has 0 aliphatic carbocycles. The topological polar surface area (TPSA) is 79.5 Å². The first-order chi connectivity index (χ1) is 14.9. The van der Waals surface area contributed by atoms with E-state index < -0.39 is 0 Å². The van der Waals surface area contributed by atoms with E-state index in [1.807, 2.05) is 6.92 Å². The summed E-state index contributed by atoms with van der Waals surface area (Å²) >= 11 is 11.2. The molecular formula is C23H20ClN3O3S. The Labute approximate surface area is 190 Å². The Bertz CT molecular complexity index is 1120. The fourth-order valence-corrected chi connectivity index (χ4v) is 3.14. The van der Waals surface area contributed by atoms with Gasteiger partial charge in [0.05, 0.1) is 6.61 Å². The van der Waals surface area contributed by atoms with E-state index in [9.17, 15) is 9.59 Å². The van der Waals surface area contributed by atoms with Gasteiger partial charge in [-0.2, -0.15) is 0 Å². The molecule has 0 aliphatic heterocycles. The van der Waals surface area contributed by atoms with E-state index in [4.69, 9.17) is 28.6 Å². The molecule has 158 valence electrons. The van der Waals surface area contributed by atoms with Crippen LogP contribution in [0.1, 0.15) is 27.6 Å². The average Bonchev–Trinajstić information content (AvgIpc) is 2.74. The van der Waals surface area contributed by atoms with Crippen LogP contribution in [0, 0.1) is 0 Å². The van der Waals surface area contributed by atoms with E-state index in [2.05, 4.69) is 16.0 Å².